The van der Waals surface area contributed by atoms with Crippen LogP contribution in [0.3, 0.4) is 0 Å². The molecule has 0 saturated carbocycles. The van der Waals surface area contributed by atoms with Crippen LogP contribution in [0.1, 0.15) is 31.1 Å². The van der Waals surface area contributed by atoms with Crippen molar-refractivity contribution in [2.45, 2.75) is 37.2 Å². The first-order valence-electron chi connectivity index (χ1n) is 7.25. The summed E-state index contributed by atoms with van der Waals surface area (Å²) in [6.45, 7) is 2.32. The van der Waals surface area contributed by atoms with Crippen molar-refractivity contribution in [2.75, 3.05) is 13.1 Å². The highest BCUT2D eigenvalue weighted by Crippen LogP contribution is 2.39. The zero-order valence-electron chi connectivity index (χ0n) is 11.2. The van der Waals surface area contributed by atoms with Crippen LogP contribution in [0.15, 0.2) is 18.2 Å². The second-order valence-corrected chi connectivity index (χ2v) is 6.01. The highest BCUT2D eigenvalue weighted by atomic mass is 35.5. The first-order chi connectivity index (χ1) is 9.79. The van der Waals surface area contributed by atoms with Gasteiger partial charge in [-0.15, -0.1) is 11.6 Å². The van der Waals surface area contributed by atoms with Crippen molar-refractivity contribution in [1.29, 1.82) is 0 Å². The number of hydrogen-bond donors (Lipinski definition) is 0. The number of benzene rings is 1. The van der Waals surface area contributed by atoms with Gasteiger partial charge in [-0.1, -0.05) is 6.07 Å². The highest BCUT2D eigenvalue weighted by molar-refractivity contribution is 6.16. The van der Waals surface area contributed by atoms with Gasteiger partial charge in [-0.25, -0.2) is 9.37 Å². The summed E-state index contributed by atoms with van der Waals surface area (Å²) >= 11 is 6.06. The monoisotopic (exact) mass is 293 g/mol. The van der Waals surface area contributed by atoms with Gasteiger partial charge in [0, 0.05) is 12.6 Å². The lowest BCUT2D eigenvalue weighted by atomic mass is 10.1. The first-order valence-corrected chi connectivity index (χ1v) is 7.78. The molecule has 106 valence electrons. The Hall–Kier alpha value is -1.13. The minimum absolute atomic E-state index is 0.256. The molecule has 2 unspecified atom stereocenters. The van der Waals surface area contributed by atoms with Gasteiger partial charge in [-0.3, -0.25) is 4.90 Å². The fourth-order valence-electron chi connectivity index (χ4n) is 3.95. The van der Waals surface area contributed by atoms with Crippen molar-refractivity contribution in [3.8, 4) is 0 Å². The van der Waals surface area contributed by atoms with Crippen LogP contribution in [0.5, 0.6) is 0 Å². The molecule has 5 heteroatoms. The van der Waals surface area contributed by atoms with Crippen LogP contribution in [0.2, 0.25) is 0 Å². The molecular formula is C15H17ClFN3. The lowest BCUT2D eigenvalue weighted by Gasteiger charge is -2.23. The summed E-state index contributed by atoms with van der Waals surface area (Å²) in [6.07, 6.45) is 3.59. The molecule has 2 atom stereocenters. The van der Waals surface area contributed by atoms with E-state index in [1.807, 2.05) is 6.07 Å². The summed E-state index contributed by atoms with van der Waals surface area (Å²) in [5.41, 5.74) is 1.35. The predicted molar refractivity (Wildman–Crippen MR) is 77.5 cm³/mol. The molecule has 0 spiro atoms. The predicted octanol–water partition coefficient (Wildman–Crippen LogP) is 3.32. The summed E-state index contributed by atoms with van der Waals surface area (Å²) in [7, 11) is 0. The molecule has 2 aliphatic heterocycles. The maximum absolute atomic E-state index is 13.9. The number of halogens is 2. The second kappa shape index (κ2) is 4.71. The van der Waals surface area contributed by atoms with Crippen LogP contribution in [-0.2, 0) is 5.88 Å². The van der Waals surface area contributed by atoms with E-state index in [-0.39, 0.29) is 5.82 Å². The van der Waals surface area contributed by atoms with Crippen LogP contribution >= 0.6 is 11.6 Å². The molecule has 3 heterocycles. The number of alkyl halides is 1. The van der Waals surface area contributed by atoms with Crippen molar-refractivity contribution in [2.24, 2.45) is 0 Å². The van der Waals surface area contributed by atoms with E-state index in [9.17, 15) is 4.39 Å². The van der Waals surface area contributed by atoms with Gasteiger partial charge < -0.3 is 4.57 Å². The zero-order valence-corrected chi connectivity index (χ0v) is 12.0. The lowest BCUT2D eigenvalue weighted by Crippen LogP contribution is -2.28. The van der Waals surface area contributed by atoms with Gasteiger partial charge in [0.25, 0.3) is 0 Å². The maximum atomic E-state index is 13.9. The molecular weight excluding hydrogens is 277 g/mol. The Morgan fingerprint density at radius 3 is 3.00 bits per heavy atom. The van der Waals surface area contributed by atoms with E-state index in [1.165, 1.54) is 25.5 Å². The smallest absolute Gasteiger partial charge is 0.151 e. The zero-order chi connectivity index (χ0) is 13.7. The normalized spacial score (nSPS) is 26.5. The van der Waals surface area contributed by atoms with E-state index in [2.05, 4.69) is 14.5 Å². The van der Waals surface area contributed by atoms with E-state index >= 15 is 0 Å². The van der Waals surface area contributed by atoms with E-state index in [0.29, 0.717) is 23.5 Å². The van der Waals surface area contributed by atoms with Gasteiger partial charge >= 0.3 is 0 Å². The van der Waals surface area contributed by atoms with Gasteiger partial charge in [0.1, 0.15) is 11.3 Å². The number of imidazole rings is 1. The molecule has 0 bridgehead atoms. The van der Waals surface area contributed by atoms with Crippen LogP contribution in [-0.4, -0.2) is 33.6 Å². The number of fused-ring (bicyclic) bond motifs is 2. The first kappa shape index (κ1) is 12.6. The molecule has 2 fully saturated rings. The van der Waals surface area contributed by atoms with Crippen molar-refractivity contribution >= 4 is 22.6 Å². The second-order valence-electron chi connectivity index (χ2n) is 5.74. The minimum atomic E-state index is -0.256. The van der Waals surface area contributed by atoms with Gasteiger partial charge in [0.2, 0.25) is 0 Å². The largest absolute Gasteiger partial charge is 0.322 e. The standard InChI is InChI=1S/C15H17ClFN3/c16-9-14-18-15-10(17)3-1-4-13(15)20(14)12-6-8-19-7-2-5-11(12)19/h1,3-4,11-12H,2,5-9H2. The fraction of sp³-hybridized carbons (Fsp3) is 0.533. The van der Waals surface area contributed by atoms with Gasteiger partial charge in [0.15, 0.2) is 5.82 Å². The Labute approximate surface area is 122 Å². The summed E-state index contributed by atoms with van der Waals surface area (Å²) in [5, 5.41) is 0. The SMILES string of the molecule is Fc1cccc2c1nc(CCl)n2C1CCN2CCCC12. The van der Waals surface area contributed by atoms with E-state index < -0.39 is 0 Å². The molecule has 1 aromatic carbocycles. The molecule has 0 aliphatic carbocycles. The third-order valence-corrected chi connectivity index (χ3v) is 5.00. The topological polar surface area (TPSA) is 21.1 Å². The number of hydrogen-bond acceptors (Lipinski definition) is 2. The Balaban J connectivity index is 1.88. The van der Waals surface area contributed by atoms with E-state index in [0.717, 1.165) is 24.3 Å². The Morgan fingerprint density at radius 1 is 1.25 bits per heavy atom. The molecule has 20 heavy (non-hydrogen) atoms. The third-order valence-electron chi connectivity index (χ3n) is 4.77. The van der Waals surface area contributed by atoms with Crippen LogP contribution in [0.25, 0.3) is 11.0 Å². The quantitative estimate of drug-likeness (QED) is 0.792. The molecule has 1 aromatic heterocycles. The molecule has 4 rings (SSSR count). The number of aromatic nitrogens is 2. The molecule has 2 aromatic rings. The summed E-state index contributed by atoms with van der Waals surface area (Å²) in [4.78, 5) is 6.98. The van der Waals surface area contributed by atoms with Gasteiger partial charge in [-0.2, -0.15) is 0 Å². The van der Waals surface area contributed by atoms with Crippen molar-refractivity contribution in [3.05, 3.63) is 29.8 Å². The summed E-state index contributed by atoms with van der Waals surface area (Å²) in [5.74, 6) is 0.872. The lowest BCUT2D eigenvalue weighted by molar-refractivity contribution is 0.290. The number of para-hydroxylation sites is 1. The average Bonchev–Trinajstić information content (AvgIpc) is 3.11. The van der Waals surface area contributed by atoms with Crippen LogP contribution in [0, 0.1) is 5.82 Å². The molecule has 0 N–H and O–H groups in total. The Bertz CT molecular complexity index is 654. The molecule has 2 saturated heterocycles. The van der Waals surface area contributed by atoms with Crippen molar-refractivity contribution in [1.82, 2.24) is 14.5 Å². The van der Waals surface area contributed by atoms with Crippen LogP contribution < -0.4 is 0 Å². The molecule has 3 nitrogen and oxygen atoms in total. The molecule has 0 amide bonds. The van der Waals surface area contributed by atoms with E-state index in [1.54, 1.807) is 6.07 Å². The summed E-state index contributed by atoms with van der Waals surface area (Å²) in [6, 6.07) is 6.14. The van der Waals surface area contributed by atoms with Gasteiger partial charge in [0.05, 0.1) is 17.4 Å². The van der Waals surface area contributed by atoms with Crippen molar-refractivity contribution < 1.29 is 4.39 Å². The minimum Gasteiger partial charge on any atom is -0.322 e. The maximum Gasteiger partial charge on any atom is 0.151 e. The Kier molecular flexibility index (Phi) is 2.97. The highest BCUT2D eigenvalue weighted by Gasteiger charge is 2.39. The molecule has 0 radical (unpaired) electrons. The molecule has 2 aliphatic rings. The van der Waals surface area contributed by atoms with Crippen molar-refractivity contribution in [3.63, 3.8) is 0 Å². The van der Waals surface area contributed by atoms with Crippen LogP contribution in [0.4, 0.5) is 4.39 Å². The fourth-order valence-corrected chi connectivity index (χ4v) is 4.14. The number of nitrogens with zero attached hydrogens (tertiary/aromatic N) is 3. The summed E-state index contributed by atoms with van der Waals surface area (Å²) < 4.78 is 16.1. The third kappa shape index (κ3) is 1.71. The Morgan fingerprint density at radius 2 is 2.15 bits per heavy atom. The van der Waals surface area contributed by atoms with E-state index in [4.69, 9.17) is 11.6 Å². The average molecular weight is 294 g/mol. The number of rotatable bonds is 2. The van der Waals surface area contributed by atoms with Gasteiger partial charge in [-0.05, 0) is 37.9 Å².